The van der Waals surface area contributed by atoms with Crippen molar-refractivity contribution in [1.29, 1.82) is 0 Å². The largest absolute Gasteiger partial charge is 0.378 e. The highest BCUT2D eigenvalue weighted by Gasteiger charge is 2.25. The van der Waals surface area contributed by atoms with Gasteiger partial charge in [-0.15, -0.1) is 11.6 Å². The molecule has 3 unspecified atom stereocenters. The van der Waals surface area contributed by atoms with Crippen LogP contribution in [0, 0.1) is 5.92 Å². The molecule has 1 aliphatic carbocycles. The molecule has 1 saturated heterocycles. The summed E-state index contributed by atoms with van der Waals surface area (Å²) in [6.07, 6.45) is 7.46. The highest BCUT2D eigenvalue weighted by Crippen LogP contribution is 2.29. The van der Waals surface area contributed by atoms with Crippen LogP contribution in [0.3, 0.4) is 0 Å². The molecule has 0 bridgehead atoms. The molecule has 0 aromatic carbocycles. The van der Waals surface area contributed by atoms with E-state index in [2.05, 4.69) is 5.32 Å². The third-order valence-electron chi connectivity index (χ3n) is 3.85. The second-order valence-electron chi connectivity index (χ2n) is 5.18. The van der Waals surface area contributed by atoms with Crippen LogP contribution in [0.2, 0.25) is 0 Å². The molecule has 2 fully saturated rings. The molecule has 0 radical (unpaired) electrons. The maximum absolute atomic E-state index is 11.7. The van der Waals surface area contributed by atoms with Gasteiger partial charge < -0.3 is 10.1 Å². The van der Waals surface area contributed by atoms with Crippen molar-refractivity contribution in [2.45, 2.75) is 56.4 Å². The van der Waals surface area contributed by atoms with Gasteiger partial charge in [0.2, 0.25) is 5.91 Å². The van der Waals surface area contributed by atoms with Gasteiger partial charge in [-0.05, 0) is 38.0 Å². The van der Waals surface area contributed by atoms with Crippen molar-refractivity contribution in [1.82, 2.24) is 5.32 Å². The third kappa shape index (κ3) is 4.14. The zero-order chi connectivity index (χ0) is 12.1. The van der Waals surface area contributed by atoms with Crippen LogP contribution in [0.15, 0.2) is 0 Å². The summed E-state index contributed by atoms with van der Waals surface area (Å²) in [5.74, 6) is 0.625. The van der Waals surface area contributed by atoms with Crippen molar-refractivity contribution in [2.75, 3.05) is 13.2 Å². The summed E-state index contributed by atoms with van der Waals surface area (Å²) in [4.78, 5) is 11.7. The molecule has 0 aromatic rings. The number of amides is 1. The Balaban J connectivity index is 1.57. The molecule has 3 nitrogen and oxygen atoms in total. The van der Waals surface area contributed by atoms with E-state index in [0.717, 1.165) is 45.3 Å². The number of carbonyl (C=O) groups excluding carboxylic acids is 1. The van der Waals surface area contributed by atoms with Gasteiger partial charge in [0, 0.05) is 24.9 Å². The average molecular weight is 260 g/mol. The molecular formula is C13H22ClNO2. The fraction of sp³-hybridized carbons (Fsp3) is 0.923. The van der Waals surface area contributed by atoms with Crippen LogP contribution in [0.4, 0.5) is 0 Å². The van der Waals surface area contributed by atoms with Gasteiger partial charge in [-0.25, -0.2) is 0 Å². The van der Waals surface area contributed by atoms with Gasteiger partial charge in [0.1, 0.15) is 0 Å². The predicted octanol–water partition coefficient (Wildman–Crippen LogP) is 2.47. The van der Waals surface area contributed by atoms with Gasteiger partial charge in [-0.1, -0.05) is 6.42 Å². The van der Waals surface area contributed by atoms with Crippen molar-refractivity contribution in [3.8, 4) is 0 Å². The predicted molar refractivity (Wildman–Crippen MR) is 68.2 cm³/mol. The van der Waals surface area contributed by atoms with E-state index in [1.807, 2.05) is 0 Å². The van der Waals surface area contributed by atoms with E-state index in [9.17, 15) is 4.79 Å². The number of hydrogen-bond donors (Lipinski definition) is 1. The molecule has 0 spiro atoms. The minimum Gasteiger partial charge on any atom is -0.378 e. The molecule has 98 valence electrons. The Morgan fingerprint density at radius 3 is 2.82 bits per heavy atom. The zero-order valence-corrected chi connectivity index (χ0v) is 11.0. The minimum absolute atomic E-state index is 0.149. The van der Waals surface area contributed by atoms with Crippen molar-refractivity contribution < 1.29 is 9.53 Å². The zero-order valence-electron chi connectivity index (χ0n) is 10.3. The van der Waals surface area contributed by atoms with Gasteiger partial charge in [-0.3, -0.25) is 4.79 Å². The first-order valence-electron chi connectivity index (χ1n) is 6.78. The molecule has 1 N–H and O–H groups in total. The van der Waals surface area contributed by atoms with Crippen LogP contribution in [0.1, 0.15) is 44.9 Å². The van der Waals surface area contributed by atoms with E-state index in [-0.39, 0.29) is 11.3 Å². The third-order valence-corrected chi connectivity index (χ3v) is 4.42. The lowest BCUT2D eigenvalue weighted by Crippen LogP contribution is -2.31. The van der Waals surface area contributed by atoms with E-state index < -0.39 is 0 Å². The standard InChI is InChI=1S/C13H22ClNO2/c14-12-5-1-3-10(12)9-15-13(16)7-6-11-4-2-8-17-11/h10-12H,1-9H2,(H,15,16). The van der Waals surface area contributed by atoms with Crippen LogP contribution >= 0.6 is 11.6 Å². The second-order valence-corrected chi connectivity index (χ2v) is 5.75. The molecule has 17 heavy (non-hydrogen) atoms. The van der Waals surface area contributed by atoms with Gasteiger partial charge in [0.05, 0.1) is 6.10 Å². The summed E-state index contributed by atoms with van der Waals surface area (Å²) >= 11 is 6.17. The Bertz CT molecular complexity index is 254. The SMILES string of the molecule is O=C(CCC1CCCO1)NCC1CCCC1Cl. The lowest BCUT2D eigenvalue weighted by Gasteiger charge is -2.15. The number of rotatable bonds is 5. The van der Waals surface area contributed by atoms with Gasteiger partial charge >= 0.3 is 0 Å². The van der Waals surface area contributed by atoms with E-state index >= 15 is 0 Å². The summed E-state index contributed by atoms with van der Waals surface area (Å²) in [6.45, 7) is 1.61. The summed E-state index contributed by atoms with van der Waals surface area (Å²) in [5.41, 5.74) is 0. The van der Waals surface area contributed by atoms with E-state index in [1.165, 1.54) is 6.42 Å². The van der Waals surface area contributed by atoms with Gasteiger partial charge in [0.15, 0.2) is 0 Å². The molecule has 0 aromatic heterocycles. The minimum atomic E-state index is 0.149. The molecule has 3 atom stereocenters. The Morgan fingerprint density at radius 2 is 2.18 bits per heavy atom. The lowest BCUT2D eigenvalue weighted by molar-refractivity contribution is -0.121. The maximum atomic E-state index is 11.7. The van der Waals surface area contributed by atoms with Crippen molar-refractivity contribution >= 4 is 17.5 Å². The van der Waals surface area contributed by atoms with E-state index in [1.54, 1.807) is 0 Å². The fourth-order valence-corrected chi connectivity index (χ4v) is 3.09. The monoisotopic (exact) mass is 259 g/mol. The fourth-order valence-electron chi connectivity index (χ4n) is 2.72. The lowest BCUT2D eigenvalue weighted by atomic mass is 10.1. The second kappa shape index (κ2) is 6.60. The molecule has 2 aliphatic rings. The summed E-state index contributed by atoms with van der Waals surface area (Å²) in [6, 6.07) is 0. The Kier molecular flexibility index (Phi) is 5.11. The Morgan fingerprint density at radius 1 is 1.29 bits per heavy atom. The number of ether oxygens (including phenoxy) is 1. The smallest absolute Gasteiger partial charge is 0.220 e. The molecular weight excluding hydrogens is 238 g/mol. The quantitative estimate of drug-likeness (QED) is 0.771. The number of nitrogens with one attached hydrogen (secondary N) is 1. The molecule has 2 rings (SSSR count). The first-order valence-corrected chi connectivity index (χ1v) is 7.21. The van der Waals surface area contributed by atoms with Crippen molar-refractivity contribution in [3.05, 3.63) is 0 Å². The Hall–Kier alpha value is -0.280. The van der Waals surface area contributed by atoms with Crippen LogP contribution in [-0.2, 0) is 9.53 Å². The highest BCUT2D eigenvalue weighted by atomic mass is 35.5. The van der Waals surface area contributed by atoms with Gasteiger partial charge in [0.25, 0.3) is 0 Å². The topological polar surface area (TPSA) is 38.3 Å². The first-order chi connectivity index (χ1) is 8.25. The normalized spacial score (nSPS) is 32.9. The summed E-state index contributed by atoms with van der Waals surface area (Å²) in [7, 11) is 0. The van der Waals surface area contributed by atoms with Crippen molar-refractivity contribution in [2.24, 2.45) is 5.92 Å². The number of alkyl halides is 1. The van der Waals surface area contributed by atoms with Gasteiger partial charge in [-0.2, -0.15) is 0 Å². The maximum Gasteiger partial charge on any atom is 0.220 e. The molecule has 4 heteroatoms. The number of halogens is 1. The number of carbonyl (C=O) groups is 1. The molecule has 1 saturated carbocycles. The van der Waals surface area contributed by atoms with Crippen LogP contribution in [-0.4, -0.2) is 30.5 Å². The van der Waals surface area contributed by atoms with Crippen molar-refractivity contribution in [3.63, 3.8) is 0 Å². The van der Waals surface area contributed by atoms with Crippen LogP contribution in [0.5, 0.6) is 0 Å². The molecule has 1 heterocycles. The average Bonchev–Trinajstić information content (AvgIpc) is 2.95. The first kappa shape index (κ1) is 13.2. The molecule has 1 aliphatic heterocycles. The van der Waals surface area contributed by atoms with Crippen LogP contribution in [0.25, 0.3) is 0 Å². The van der Waals surface area contributed by atoms with E-state index in [4.69, 9.17) is 16.3 Å². The Labute approximate surface area is 108 Å². The number of hydrogen-bond acceptors (Lipinski definition) is 2. The summed E-state index contributed by atoms with van der Waals surface area (Å²) in [5, 5.41) is 3.26. The summed E-state index contributed by atoms with van der Waals surface area (Å²) < 4.78 is 5.50. The molecule has 1 amide bonds. The van der Waals surface area contributed by atoms with Crippen LogP contribution < -0.4 is 5.32 Å². The van der Waals surface area contributed by atoms with E-state index in [0.29, 0.717) is 18.4 Å². The highest BCUT2D eigenvalue weighted by molar-refractivity contribution is 6.20.